The van der Waals surface area contributed by atoms with E-state index in [1.807, 2.05) is 0 Å². The van der Waals surface area contributed by atoms with Crippen molar-refractivity contribution in [3.8, 4) is 0 Å². The molecule has 2 saturated heterocycles. The monoisotopic (exact) mass is 257 g/mol. The van der Waals surface area contributed by atoms with Crippen molar-refractivity contribution in [2.45, 2.75) is 44.3 Å². The van der Waals surface area contributed by atoms with Crippen molar-refractivity contribution in [3.05, 3.63) is 0 Å². The Morgan fingerprint density at radius 2 is 2.06 bits per heavy atom. The minimum Gasteiger partial charge on any atom is -0.329 e. The van der Waals surface area contributed by atoms with E-state index in [-0.39, 0.29) is 5.54 Å². The number of nitrogens with zero attached hydrogens (tertiary/aromatic N) is 2. The van der Waals surface area contributed by atoms with Crippen molar-refractivity contribution in [3.63, 3.8) is 0 Å². The van der Waals surface area contributed by atoms with E-state index >= 15 is 0 Å². The maximum absolute atomic E-state index is 6.17. The lowest BCUT2D eigenvalue weighted by Gasteiger charge is -2.53. The molecule has 2 N–H and O–H groups in total. The lowest BCUT2D eigenvalue weighted by Crippen LogP contribution is -2.64. The van der Waals surface area contributed by atoms with Crippen LogP contribution in [0.2, 0.25) is 0 Å². The summed E-state index contributed by atoms with van der Waals surface area (Å²) in [6.45, 7) is 7.94. The van der Waals surface area contributed by atoms with Crippen LogP contribution in [-0.4, -0.2) is 65.6 Å². The van der Waals surface area contributed by atoms with Crippen molar-refractivity contribution in [1.29, 1.82) is 0 Å². The highest BCUT2D eigenvalue weighted by Gasteiger charge is 2.43. The first-order valence-corrected chi connectivity index (χ1v) is 7.99. The number of hydrogen-bond acceptors (Lipinski definition) is 4. The zero-order valence-corrected chi connectivity index (χ0v) is 12.3. The first-order valence-electron chi connectivity index (χ1n) is 6.84. The van der Waals surface area contributed by atoms with E-state index in [1.165, 1.54) is 37.4 Å². The number of likely N-dealkylation sites (tertiary alicyclic amines) is 1. The maximum atomic E-state index is 6.17. The highest BCUT2D eigenvalue weighted by molar-refractivity contribution is 7.99. The van der Waals surface area contributed by atoms with Crippen LogP contribution in [0.4, 0.5) is 0 Å². The lowest BCUT2D eigenvalue weighted by molar-refractivity contribution is -0.00518. The van der Waals surface area contributed by atoms with E-state index < -0.39 is 0 Å². The standard InChI is InChI=1S/C13H27N3S/c1-11-8-13(10-14,4-5-15(11)3)16-6-7-17-9-12(16)2/h11-12H,4-10,14H2,1-3H3. The second-order valence-corrected chi connectivity index (χ2v) is 6.98. The zero-order chi connectivity index (χ0) is 12.5. The molecule has 2 aliphatic rings. The Morgan fingerprint density at radius 3 is 2.65 bits per heavy atom. The van der Waals surface area contributed by atoms with E-state index in [2.05, 4.69) is 42.5 Å². The van der Waals surface area contributed by atoms with Crippen LogP contribution >= 0.6 is 11.8 Å². The molecule has 0 aromatic carbocycles. The van der Waals surface area contributed by atoms with Crippen LogP contribution in [0.5, 0.6) is 0 Å². The van der Waals surface area contributed by atoms with Gasteiger partial charge in [0.1, 0.15) is 0 Å². The van der Waals surface area contributed by atoms with Crippen LogP contribution < -0.4 is 5.73 Å². The number of thioether (sulfide) groups is 1. The van der Waals surface area contributed by atoms with E-state index in [0.29, 0.717) is 12.1 Å². The van der Waals surface area contributed by atoms with E-state index in [9.17, 15) is 0 Å². The third-order valence-electron chi connectivity index (χ3n) is 4.71. The molecule has 0 aromatic heterocycles. The predicted molar refractivity (Wildman–Crippen MR) is 76.6 cm³/mol. The van der Waals surface area contributed by atoms with Crippen molar-refractivity contribution in [2.75, 3.05) is 38.2 Å². The lowest BCUT2D eigenvalue weighted by atomic mass is 9.81. The first-order chi connectivity index (χ1) is 8.09. The minimum atomic E-state index is 0.270. The first kappa shape index (κ1) is 13.7. The molecule has 17 heavy (non-hydrogen) atoms. The quantitative estimate of drug-likeness (QED) is 0.807. The van der Waals surface area contributed by atoms with E-state index in [1.54, 1.807) is 0 Å². The van der Waals surface area contributed by atoms with Gasteiger partial charge < -0.3 is 10.6 Å². The molecule has 3 atom stereocenters. The SMILES string of the molecule is CC1CC(CN)(N2CCSCC2C)CCN1C. The number of hydrogen-bond donors (Lipinski definition) is 1. The van der Waals surface area contributed by atoms with Gasteiger partial charge >= 0.3 is 0 Å². The summed E-state index contributed by atoms with van der Waals surface area (Å²) in [7, 11) is 2.24. The fraction of sp³-hybridized carbons (Fsp3) is 1.00. The molecule has 3 nitrogen and oxygen atoms in total. The molecule has 2 heterocycles. The molecule has 0 amide bonds. The normalized spacial score (nSPS) is 41.6. The Balaban J connectivity index is 2.13. The molecule has 100 valence electrons. The Labute approximate surface area is 110 Å². The van der Waals surface area contributed by atoms with Gasteiger partial charge in [-0.3, -0.25) is 4.90 Å². The van der Waals surface area contributed by atoms with Gasteiger partial charge in [0, 0.05) is 42.2 Å². The van der Waals surface area contributed by atoms with Gasteiger partial charge in [0.05, 0.1) is 0 Å². The molecule has 0 bridgehead atoms. The Morgan fingerprint density at radius 1 is 1.29 bits per heavy atom. The third-order valence-corrected chi connectivity index (χ3v) is 5.90. The molecule has 4 heteroatoms. The summed E-state index contributed by atoms with van der Waals surface area (Å²) in [5.41, 5.74) is 6.44. The van der Waals surface area contributed by atoms with Crippen molar-refractivity contribution in [2.24, 2.45) is 5.73 Å². The third kappa shape index (κ3) is 2.65. The molecule has 0 aromatic rings. The highest BCUT2D eigenvalue weighted by atomic mass is 32.2. The minimum absolute atomic E-state index is 0.270. The van der Waals surface area contributed by atoms with Gasteiger partial charge in [-0.2, -0.15) is 11.8 Å². The molecule has 0 saturated carbocycles. The molecule has 0 aliphatic carbocycles. The van der Waals surface area contributed by atoms with Gasteiger partial charge in [0.15, 0.2) is 0 Å². The zero-order valence-electron chi connectivity index (χ0n) is 11.5. The summed E-state index contributed by atoms with van der Waals surface area (Å²) in [5.74, 6) is 2.54. The van der Waals surface area contributed by atoms with Gasteiger partial charge in [0.25, 0.3) is 0 Å². The van der Waals surface area contributed by atoms with E-state index in [4.69, 9.17) is 5.73 Å². The smallest absolute Gasteiger partial charge is 0.0362 e. The Kier molecular flexibility index (Phi) is 4.40. The molecule has 0 radical (unpaired) electrons. The molecule has 3 unspecified atom stereocenters. The fourth-order valence-corrected chi connectivity index (χ4v) is 4.42. The number of piperidine rings is 1. The van der Waals surface area contributed by atoms with Crippen LogP contribution in [0.15, 0.2) is 0 Å². The molecular weight excluding hydrogens is 230 g/mol. The second-order valence-electron chi connectivity index (χ2n) is 5.83. The largest absolute Gasteiger partial charge is 0.329 e. The predicted octanol–water partition coefficient (Wildman–Crippen LogP) is 1.24. The molecule has 2 aliphatic heterocycles. The van der Waals surface area contributed by atoms with Crippen LogP contribution in [0.25, 0.3) is 0 Å². The summed E-state index contributed by atoms with van der Waals surface area (Å²) in [5, 5.41) is 0. The summed E-state index contributed by atoms with van der Waals surface area (Å²) in [6, 6.07) is 1.35. The maximum Gasteiger partial charge on any atom is 0.0362 e. The average molecular weight is 257 g/mol. The van der Waals surface area contributed by atoms with E-state index in [0.717, 1.165) is 6.54 Å². The van der Waals surface area contributed by atoms with Crippen LogP contribution in [0, 0.1) is 0 Å². The van der Waals surface area contributed by atoms with Crippen molar-refractivity contribution in [1.82, 2.24) is 9.80 Å². The highest BCUT2D eigenvalue weighted by Crippen LogP contribution is 2.34. The van der Waals surface area contributed by atoms with Crippen LogP contribution in [0.3, 0.4) is 0 Å². The average Bonchev–Trinajstić information content (AvgIpc) is 2.34. The van der Waals surface area contributed by atoms with Crippen LogP contribution in [-0.2, 0) is 0 Å². The number of rotatable bonds is 2. The summed E-state index contributed by atoms with van der Waals surface area (Å²) in [4.78, 5) is 5.18. The van der Waals surface area contributed by atoms with Gasteiger partial charge in [-0.25, -0.2) is 0 Å². The number of nitrogens with two attached hydrogens (primary N) is 1. The molecular formula is C13H27N3S. The topological polar surface area (TPSA) is 32.5 Å². The summed E-state index contributed by atoms with van der Waals surface area (Å²) < 4.78 is 0. The van der Waals surface area contributed by atoms with Gasteiger partial charge in [-0.15, -0.1) is 0 Å². The van der Waals surface area contributed by atoms with Gasteiger partial charge in [-0.05, 0) is 40.3 Å². The second kappa shape index (κ2) is 5.47. The van der Waals surface area contributed by atoms with Crippen LogP contribution in [0.1, 0.15) is 26.7 Å². The van der Waals surface area contributed by atoms with Crippen molar-refractivity contribution >= 4 is 11.8 Å². The molecule has 2 rings (SSSR count). The summed E-state index contributed by atoms with van der Waals surface area (Å²) >= 11 is 2.09. The Hall–Kier alpha value is 0.230. The fourth-order valence-electron chi connectivity index (χ4n) is 3.41. The molecule has 2 fully saturated rings. The van der Waals surface area contributed by atoms with Crippen molar-refractivity contribution < 1.29 is 0 Å². The van der Waals surface area contributed by atoms with Gasteiger partial charge in [0.2, 0.25) is 0 Å². The summed E-state index contributed by atoms with van der Waals surface area (Å²) in [6.07, 6.45) is 2.47. The molecule has 0 spiro atoms. The van der Waals surface area contributed by atoms with Gasteiger partial charge in [-0.1, -0.05) is 0 Å². The Bertz CT molecular complexity index is 261.